The largest absolute Gasteiger partial charge is 0.481 e. The zero-order valence-electron chi connectivity index (χ0n) is 9.56. The predicted molar refractivity (Wildman–Crippen MR) is 60.4 cm³/mol. The molecule has 0 rings (SSSR count). The molecule has 2 unspecified atom stereocenters. The van der Waals surface area contributed by atoms with Gasteiger partial charge in [-0.3, -0.25) is 9.59 Å². The smallest absolute Gasteiger partial charge is 0.305 e. The number of rotatable bonds is 6. The highest BCUT2D eigenvalue weighted by atomic mass is 16.4. The Bertz CT molecular complexity index is 294. The number of carboxylic acids is 1. The summed E-state index contributed by atoms with van der Waals surface area (Å²) < 4.78 is 0. The first-order chi connectivity index (χ1) is 7.38. The van der Waals surface area contributed by atoms with Crippen molar-refractivity contribution in [2.45, 2.75) is 38.8 Å². The SMILES string of the molecule is C#CCC(N)C(=O)NC(CC(=O)O)C(C)C. The Morgan fingerprint density at radius 2 is 2.06 bits per heavy atom. The number of carboxylic acid groups (broad SMARTS) is 1. The highest BCUT2D eigenvalue weighted by Gasteiger charge is 2.21. The van der Waals surface area contributed by atoms with Crippen LogP contribution in [0.15, 0.2) is 0 Å². The third-order valence-corrected chi connectivity index (χ3v) is 2.20. The summed E-state index contributed by atoms with van der Waals surface area (Å²) in [5.74, 6) is 0.957. The molecule has 0 spiro atoms. The zero-order chi connectivity index (χ0) is 12.7. The van der Waals surface area contributed by atoms with Crippen LogP contribution in [-0.2, 0) is 9.59 Å². The third-order valence-electron chi connectivity index (χ3n) is 2.20. The van der Waals surface area contributed by atoms with Gasteiger partial charge in [0.25, 0.3) is 0 Å². The number of hydrogen-bond donors (Lipinski definition) is 3. The van der Waals surface area contributed by atoms with Gasteiger partial charge in [0, 0.05) is 12.5 Å². The number of nitrogens with one attached hydrogen (secondary N) is 1. The number of amides is 1. The van der Waals surface area contributed by atoms with E-state index in [2.05, 4.69) is 11.2 Å². The van der Waals surface area contributed by atoms with Gasteiger partial charge in [0.15, 0.2) is 0 Å². The molecule has 0 aromatic rings. The van der Waals surface area contributed by atoms with Crippen molar-refractivity contribution in [1.29, 1.82) is 0 Å². The lowest BCUT2D eigenvalue weighted by molar-refractivity contribution is -0.138. The number of hydrogen-bond acceptors (Lipinski definition) is 3. The lowest BCUT2D eigenvalue weighted by atomic mass is 10.0. The summed E-state index contributed by atoms with van der Waals surface area (Å²) in [5.41, 5.74) is 5.51. The molecule has 0 saturated heterocycles. The highest BCUT2D eigenvalue weighted by molar-refractivity contribution is 5.82. The molecule has 0 aromatic carbocycles. The van der Waals surface area contributed by atoms with Crippen LogP contribution in [0.2, 0.25) is 0 Å². The molecule has 0 aliphatic carbocycles. The summed E-state index contributed by atoms with van der Waals surface area (Å²) >= 11 is 0. The molecule has 4 N–H and O–H groups in total. The number of terminal acetylenes is 1. The van der Waals surface area contributed by atoms with E-state index in [1.165, 1.54) is 0 Å². The minimum absolute atomic E-state index is 0.0260. The molecule has 1 amide bonds. The van der Waals surface area contributed by atoms with Crippen LogP contribution < -0.4 is 11.1 Å². The average molecular weight is 226 g/mol. The van der Waals surface area contributed by atoms with Gasteiger partial charge in [-0.2, -0.15) is 0 Å². The van der Waals surface area contributed by atoms with E-state index in [4.69, 9.17) is 17.3 Å². The highest BCUT2D eigenvalue weighted by Crippen LogP contribution is 2.06. The lowest BCUT2D eigenvalue weighted by Crippen LogP contribution is -2.47. The standard InChI is InChI=1S/C11H18N2O3/c1-4-5-8(12)11(16)13-9(7(2)3)6-10(14)15/h1,7-9H,5-6,12H2,2-3H3,(H,13,16)(H,14,15). The fourth-order valence-corrected chi connectivity index (χ4v) is 1.15. The van der Waals surface area contributed by atoms with E-state index in [-0.39, 0.29) is 18.8 Å². The number of aliphatic carboxylic acids is 1. The van der Waals surface area contributed by atoms with E-state index >= 15 is 0 Å². The Balaban J connectivity index is 4.35. The van der Waals surface area contributed by atoms with Gasteiger partial charge < -0.3 is 16.2 Å². The maximum absolute atomic E-state index is 11.5. The van der Waals surface area contributed by atoms with Crippen molar-refractivity contribution in [3.8, 4) is 12.3 Å². The average Bonchev–Trinajstić information content (AvgIpc) is 2.16. The second-order valence-corrected chi connectivity index (χ2v) is 3.97. The molecular weight excluding hydrogens is 208 g/mol. The summed E-state index contributed by atoms with van der Waals surface area (Å²) in [7, 11) is 0. The Morgan fingerprint density at radius 3 is 2.44 bits per heavy atom. The molecule has 0 heterocycles. The molecule has 5 heteroatoms. The second-order valence-electron chi connectivity index (χ2n) is 3.97. The molecule has 0 aromatic heterocycles. The summed E-state index contributed by atoms with van der Waals surface area (Å²) in [6, 6.07) is -1.20. The van der Waals surface area contributed by atoms with Gasteiger partial charge in [0.05, 0.1) is 12.5 Å². The van der Waals surface area contributed by atoms with Crippen LogP contribution in [0.5, 0.6) is 0 Å². The van der Waals surface area contributed by atoms with Gasteiger partial charge in [-0.05, 0) is 5.92 Å². The van der Waals surface area contributed by atoms with E-state index in [9.17, 15) is 9.59 Å². The molecule has 5 nitrogen and oxygen atoms in total. The van der Waals surface area contributed by atoms with Gasteiger partial charge in [-0.15, -0.1) is 12.3 Å². The van der Waals surface area contributed by atoms with E-state index < -0.39 is 24.0 Å². The molecule has 0 bridgehead atoms. The van der Waals surface area contributed by atoms with Crippen molar-refractivity contribution < 1.29 is 14.7 Å². The summed E-state index contributed by atoms with van der Waals surface area (Å²) in [4.78, 5) is 22.1. The quantitative estimate of drug-likeness (QED) is 0.554. The Labute approximate surface area is 95.4 Å². The Kier molecular flexibility index (Phi) is 6.19. The van der Waals surface area contributed by atoms with Crippen molar-refractivity contribution in [2.24, 2.45) is 11.7 Å². The Morgan fingerprint density at radius 1 is 1.50 bits per heavy atom. The molecule has 16 heavy (non-hydrogen) atoms. The van der Waals surface area contributed by atoms with Crippen molar-refractivity contribution in [3.05, 3.63) is 0 Å². The summed E-state index contributed by atoms with van der Waals surface area (Å²) in [6.45, 7) is 3.67. The van der Waals surface area contributed by atoms with Crippen molar-refractivity contribution >= 4 is 11.9 Å². The van der Waals surface area contributed by atoms with Crippen LogP contribution >= 0.6 is 0 Å². The van der Waals surface area contributed by atoms with Crippen LogP contribution in [0.1, 0.15) is 26.7 Å². The van der Waals surface area contributed by atoms with Gasteiger partial charge in [0.2, 0.25) is 5.91 Å². The third kappa shape index (κ3) is 5.37. The normalized spacial score (nSPS) is 13.9. The van der Waals surface area contributed by atoms with Crippen molar-refractivity contribution in [3.63, 3.8) is 0 Å². The van der Waals surface area contributed by atoms with Crippen LogP contribution in [0.3, 0.4) is 0 Å². The summed E-state index contributed by atoms with van der Waals surface area (Å²) in [5, 5.41) is 11.3. The van der Waals surface area contributed by atoms with E-state index in [1.54, 1.807) is 0 Å². The molecule has 2 atom stereocenters. The molecule has 0 aliphatic rings. The van der Waals surface area contributed by atoms with E-state index in [0.29, 0.717) is 0 Å². The molecule has 0 saturated carbocycles. The second kappa shape index (κ2) is 6.85. The lowest BCUT2D eigenvalue weighted by Gasteiger charge is -2.22. The number of nitrogens with two attached hydrogens (primary N) is 1. The maximum Gasteiger partial charge on any atom is 0.305 e. The predicted octanol–water partition coefficient (Wildman–Crippen LogP) is -0.0475. The first-order valence-electron chi connectivity index (χ1n) is 5.09. The fraction of sp³-hybridized carbons (Fsp3) is 0.636. The topological polar surface area (TPSA) is 92.4 Å². The molecule has 0 fully saturated rings. The first kappa shape index (κ1) is 14.5. The number of carbonyl (C=O) groups is 2. The van der Waals surface area contributed by atoms with Gasteiger partial charge in [0.1, 0.15) is 0 Å². The maximum atomic E-state index is 11.5. The zero-order valence-corrected chi connectivity index (χ0v) is 9.56. The minimum Gasteiger partial charge on any atom is -0.481 e. The van der Waals surface area contributed by atoms with Gasteiger partial charge >= 0.3 is 5.97 Å². The first-order valence-corrected chi connectivity index (χ1v) is 5.09. The van der Waals surface area contributed by atoms with Crippen molar-refractivity contribution in [1.82, 2.24) is 5.32 Å². The van der Waals surface area contributed by atoms with Crippen LogP contribution in [0.25, 0.3) is 0 Å². The molecule has 0 radical (unpaired) electrons. The monoisotopic (exact) mass is 226 g/mol. The Hall–Kier alpha value is -1.54. The fourth-order valence-electron chi connectivity index (χ4n) is 1.15. The molecule has 90 valence electrons. The minimum atomic E-state index is -0.954. The van der Waals surface area contributed by atoms with E-state index in [0.717, 1.165) is 0 Å². The number of carbonyl (C=O) groups excluding carboxylic acids is 1. The van der Waals surface area contributed by atoms with Gasteiger partial charge in [-0.25, -0.2) is 0 Å². The summed E-state index contributed by atoms with van der Waals surface area (Å²) in [6.07, 6.45) is 5.06. The van der Waals surface area contributed by atoms with Crippen molar-refractivity contribution in [2.75, 3.05) is 0 Å². The van der Waals surface area contributed by atoms with Crippen LogP contribution in [0.4, 0.5) is 0 Å². The molecular formula is C11H18N2O3. The van der Waals surface area contributed by atoms with E-state index in [1.807, 2.05) is 13.8 Å². The van der Waals surface area contributed by atoms with Crippen LogP contribution in [-0.4, -0.2) is 29.1 Å². The van der Waals surface area contributed by atoms with Crippen LogP contribution in [0, 0.1) is 18.3 Å². The molecule has 0 aliphatic heterocycles. The van der Waals surface area contributed by atoms with Gasteiger partial charge in [-0.1, -0.05) is 13.8 Å².